The molecule has 0 aromatic heterocycles. The molecule has 10 heavy (non-hydrogen) atoms. The topological polar surface area (TPSA) is 75.6 Å². The van der Waals surface area contributed by atoms with Crippen LogP contribution in [-0.2, 0) is 4.74 Å². The van der Waals surface area contributed by atoms with E-state index in [1.54, 1.807) is 0 Å². The summed E-state index contributed by atoms with van der Waals surface area (Å²) in [4.78, 5) is 20.0. The first kappa shape index (κ1) is 8.48. The van der Waals surface area contributed by atoms with Gasteiger partial charge in [-0.15, -0.1) is 0 Å². The Morgan fingerprint density at radius 3 is 2.70 bits per heavy atom. The Labute approximate surface area is 57.3 Å². The highest BCUT2D eigenvalue weighted by Crippen LogP contribution is 1.76. The van der Waals surface area contributed by atoms with Crippen molar-refractivity contribution in [2.24, 2.45) is 0 Å². The zero-order valence-electron chi connectivity index (χ0n) is 5.16. The van der Waals surface area contributed by atoms with Gasteiger partial charge in [0.05, 0.1) is 0 Å². The summed E-state index contributed by atoms with van der Waals surface area (Å²) in [5.41, 5.74) is 0. The van der Waals surface area contributed by atoms with Crippen LogP contribution in [-0.4, -0.2) is 23.9 Å². The highest BCUT2D eigenvalue weighted by Gasteiger charge is 2.03. The van der Waals surface area contributed by atoms with Gasteiger partial charge in [0.2, 0.25) is 0 Å². The van der Waals surface area contributed by atoms with Crippen molar-refractivity contribution in [3.63, 3.8) is 0 Å². The Morgan fingerprint density at radius 2 is 2.30 bits per heavy atom. The van der Waals surface area contributed by atoms with E-state index >= 15 is 0 Å². The number of hydrogen-bond acceptors (Lipinski definition) is 3. The fourth-order valence-corrected chi connectivity index (χ4v) is 0.258. The summed E-state index contributed by atoms with van der Waals surface area (Å²) in [6.07, 6.45) is -1.09. The lowest BCUT2D eigenvalue weighted by atomic mass is 10.7. The van der Waals surface area contributed by atoms with E-state index in [-0.39, 0.29) is 6.61 Å². The summed E-state index contributed by atoms with van der Waals surface area (Å²) in [5.74, 6) is 0. The van der Waals surface area contributed by atoms with Gasteiger partial charge in [0, 0.05) is 0 Å². The average molecular weight is 145 g/mol. The molecule has 5 nitrogen and oxygen atoms in total. The number of imide groups is 1. The molecular weight excluding hydrogens is 138 g/mol. The maximum atomic E-state index is 10.3. The summed E-state index contributed by atoms with van der Waals surface area (Å²) < 4.78 is 4.25. The molecule has 2 N–H and O–H groups in total. The first-order valence-corrected chi connectivity index (χ1v) is 2.44. The molecule has 0 saturated heterocycles. The molecule has 56 valence electrons. The van der Waals surface area contributed by atoms with Gasteiger partial charge in [-0.25, -0.2) is 14.9 Å². The van der Waals surface area contributed by atoms with Gasteiger partial charge in [-0.1, -0.05) is 12.7 Å². The molecule has 0 spiro atoms. The second-order valence-corrected chi connectivity index (χ2v) is 1.32. The third kappa shape index (κ3) is 4.63. The summed E-state index contributed by atoms with van der Waals surface area (Å²) in [6, 6.07) is 0. The van der Waals surface area contributed by atoms with Crippen LogP contribution in [0.15, 0.2) is 12.7 Å². The van der Waals surface area contributed by atoms with Gasteiger partial charge in [-0.2, -0.15) is 0 Å². The van der Waals surface area contributed by atoms with Crippen LogP contribution in [0.2, 0.25) is 0 Å². The van der Waals surface area contributed by atoms with Crippen molar-refractivity contribution in [1.29, 1.82) is 0 Å². The van der Waals surface area contributed by atoms with E-state index in [1.807, 2.05) is 0 Å². The number of ether oxygens (including phenoxy) is 1. The zero-order valence-corrected chi connectivity index (χ0v) is 5.16. The monoisotopic (exact) mass is 145 g/mol. The number of hydrogen-bond donors (Lipinski definition) is 2. The Hall–Kier alpha value is -1.52. The van der Waals surface area contributed by atoms with Crippen molar-refractivity contribution < 1.29 is 19.4 Å². The van der Waals surface area contributed by atoms with Crippen molar-refractivity contribution in [2.45, 2.75) is 0 Å². The second-order valence-electron chi connectivity index (χ2n) is 1.32. The molecule has 0 heterocycles. The predicted molar refractivity (Wildman–Crippen MR) is 32.7 cm³/mol. The summed E-state index contributed by atoms with van der Waals surface area (Å²) >= 11 is 0. The molecule has 0 unspecified atom stereocenters. The van der Waals surface area contributed by atoms with Gasteiger partial charge < -0.3 is 9.84 Å². The summed E-state index contributed by atoms with van der Waals surface area (Å²) in [6.45, 7) is 3.26. The van der Waals surface area contributed by atoms with Crippen LogP contribution in [0, 0.1) is 0 Å². The smallest absolute Gasteiger partial charge is 0.416 e. The summed E-state index contributed by atoms with van der Waals surface area (Å²) in [5, 5.41) is 9.43. The van der Waals surface area contributed by atoms with Crippen molar-refractivity contribution in [3.8, 4) is 0 Å². The van der Waals surface area contributed by atoms with E-state index in [0.717, 1.165) is 0 Å². The van der Waals surface area contributed by atoms with Gasteiger partial charge in [0.1, 0.15) is 6.61 Å². The number of carbonyl (C=O) groups excluding carboxylic acids is 1. The molecule has 0 aliphatic heterocycles. The largest absolute Gasteiger partial charge is 0.465 e. The standard InChI is InChI=1S/C5H7NO4/c1-2-3-10-5(9)6-4(7)8/h2H,1,3H2,(H,6,9)(H,7,8). The molecule has 0 fully saturated rings. The zero-order chi connectivity index (χ0) is 7.98. The van der Waals surface area contributed by atoms with Crippen LogP contribution >= 0.6 is 0 Å². The Morgan fingerprint density at radius 1 is 1.70 bits per heavy atom. The minimum atomic E-state index is -1.44. The molecular formula is C5H7NO4. The number of alkyl carbamates (subject to hydrolysis) is 1. The Bertz CT molecular complexity index is 154. The average Bonchev–Trinajstić information content (AvgIpc) is 1.82. The second kappa shape index (κ2) is 4.37. The molecule has 2 amide bonds. The van der Waals surface area contributed by atoms with Crippen molar-refractivity contribution in [3.05, 3.63) is 12.7 Å². The lowest BCUT2D eigenvalue weighted by Crippen LogP contribution is -2.29. The number of amides is 2. The third-order valence-corrected chi connectivity index (χ3v) is 0.541. The van der Waals surface area contributed by atoms with E-state index < -0.39 is 12.2 Å². The maximum Gasteiger partial charge on any atom is 0.416 e. The first-order chi connectivity index (χ1) is 4.66. The van der Waals surface area contributed by atoms with Crippen molar-refractivity contribution >= 4 is 12.2 Å². The van der Waals surface area contributed by atoms with Gasteiger partial charge in [0.15, 0.2) is 0 Å². The third-order valence-electron chi connectivity index (χ3n) is 0.541. The van der Waals surface area contributed by atoms with Gasteiger partial charge in [-0.3, -0.25) is 0 Å². The lowest BCUT2D eigenvalue weighted by molar-refractivity contribution is 0.150. The molecule has 0 aliphatic carbocycles. The van der Waals surface area contributed by atoms with Crippen molar-refractivity contribution in [1.82, 2.24) is 5.32 Å². The van der Waals surface area contributed by atoms with Gasteiger partial charge in [0.25, 0.3) is 0 Å². The van der Waals surface area contributed by atoms with E-state index in [9.17, 15) is 9.59 Å². The molecule has 0 atom stereocenters. The molecule has 0 aliphatic rings. The van der Waals surface area contributed by atoms with Crippen LogP contribution in [0.4, 0.5) is 9.59 Å². The molecule has 0 bridgehead atoms. The van der Waals surface area contributed by atoms with Gasteiger partial charge >= 0.3 is 12.2 Å². The number of nitrogens with one attached hydrogen (secondary N) is 1. The fraction of sp³-hybridized carbons (Fsp3) is 0.200. The predicted octanol–water partition coefficient (Wildman–Crippen LogP) is 0.577. The van der Waals surface area contributed by atoms with Crippen molar-refractivity contribution in [2.75, 3.05) is 6.61 Å². The Kier molecular flexibility index (Phi) is 3.70. The van der Waals surface area contributed by atoms with Crippen LogP contribution < -0.4 is 5.32 Å². The quantitative estimate of drug-likeness (QED) is 0.557. The van der Waals surface area contributed by atoms with E-state index in [1.165, 1.54) is 11.4 Å². The lowest BCUT2D eigenvalue weighted by Gasteiger charge is -1.98. The summed E-state index contributed by atoms with van der Waals surface area (Å²) in [7, 11) is 0. The molecule has 0 aromatic carbocycles. The number of rotatable bonds is 2. The Balaban J connectivity index is 3.43. The fourth-order valence-electron chi connectivity index (χ4n) is 0.258. The number of carbonyl (C=O) groups is 2. The number of carboxylic acid groups (broad SMARTS) is 1. The van der Waals surface area contributed by atoms with Crippen LogP contribution in [0.25, 0.3) is 0 Å². The van der Waals surface area contributed by atoms with E-state index in [0.29, 0.717) is 0 Å². The van der Waals surface area contributed by atoms with Crippen LogP contribution in [0.3, 0.4) is 0 Å². The minimum Gasteiger partial charge on any atom is -0.465 e. The first-order valence-electron chi connectivity index (χ1n) is 2.44. The normalized spacial score (nSPS) is 8.00. The SMILES string of the molecule is C=CCOC(=O)NC(=O)O. The highest BCUT2D eigenvalue weighted by atomic mass is 16.6. The molecule has 0 aromatic rings. The minimum absolute atomic E-state index is 0.000880. The van der Waals surface area contributed by atoms with Crippen LogP contribution in [0.1, 0.15) is 0 Å². The highest BCUT2D eigenvalue weighted by molar-refractivity contribution is 5.86. The van der Waals surface area contributed by atoms with Gasteiger partial charge in [-0.05, 0) is 0 Å². The van der Waals surface area contributed by atoms with E-state index in [4.69, 9.17) is 5.11 Å². The maximum absolute atomic E-state index is 10.3. The van der Waals surface area contributed by atoms with E-state index in [2.05, 4.69) is 11.3 Å². The molecule has 0 rings (SSSR count). The molecule has 0 saturated carbocycles. The van der Waals surface area contributed by atoms with Crippen LogP contribution in [0.5, 0.6) is 0 Å². The molecule has 5 heteroatoms. The molecule has 0 radical (unpaired) electrons.